The van der Waals surface area contributed by atoms with E-state index in [1.807, 2.05) is 54.7 Å². The molecule has 1 aromatic heterocycles. The summed E-state index contributed by atoms with van der Waals surface area (Å²) in [6.07, 6.45) is 11.5. The number of fused-ring (bicyclic) bond motifs is 2. The Morgan fingerprint density at radius 2 is 1.16 bits per heavy atom. The topological polar surface area (TPSA) is 80.8 Å². The van der Waals surface area contributed by atoms with Crippen molar-refractivity contribution in [3.63, 3.8) is 0 Å². The van der Waals surface area contributed by atoms with Gasteiger partial charge in [-0.3, -0.25) is 0 Å². The zero-order valence-electron chi connectivity index (χ0n) is 16.9. The molecule has 0 fully saturated rings. The van der Waals surface area contributed by atoms with Crippen LogP contribution >= 0.6 is 0 Å². The Bertz CT molecular complexity index is 1040. The van der Waals surface area contributed by atoms with Crippen LogP contribution in [0.3, 0.4) is 0 Å². The monoisotopic (exact) mass is 532 g/mol. The fourth-order valence-corrected chi connectivity index (χ4v) is 3.43. The van der Waals surface area contributed by atoms with Crippen molar-refractivity contribution in [1.82, 2.24) is 4.98 Å². The predicted molar refractivity (Wildman–Crippen MR) is 108 cm³/mol. The zero-order chi connectivity index (χ0) is 19.1. The van der Waals surface area contributed by atoms with Crippen LogP contribution in [-0.4, -0.2) is 54.4 Å². The number of nitrogens with zero attached hydrogens (tertiary/aromatic N) is 5. The second-order valence-electron chi connectivity index (χ2n) is 6.46. The molecule has 4 aliphatic rings. The molecule has 2 aliphatic carbocycles. The number of aliphatic imine (C=N–C) groups is 4. The van der Waals surface area contributed by atoms with Gasteiger partial charge >= 0.3 is 17.1 Å². The first-order valence-electron chi connectivity index (χ1n) is 8.92. The molecule has 0 amide bonds. The van der Waals surface area contributed by atoms with E-state index in [1.165, 1.54) is 0 Å². The quantitative estimate of drug-likeness (QED) is 0.361. The van der Waals surface area contributed by atoms with E-state index in [-0.39, 0.29) is 66.4 Å². The molecule has 3 heterocycles. The van der Waals surface area contributed by atoms with E-state index >= 15 is 0 Å². The van der Waals surface area contributed by atoms with Gasteiger partial charge in [-0.05, 0) is 36.4 Å². The third-order valence-electron chi connectivity index (χ3n) is 4.81. The van der Waals surface area contributed by atoms with Crippen LogP contribution in [0.25, 0.3) is 0 Å². The number of pyridine rings is 1. The van der Waals surface area contributed by atoms with Gasteiger partial charge in [-0.15, -0.1) is 0 Å². The summed E-state index contributed by atoms with van der Waals surface area (Å²) in [6, 6.07) is 5.28. The van der Waals surface area contributed by atoms with Crippen molar-refractivity contribution in [2.75, 3.05) is 14.2 Å². The molecule has 2 aliphatic heterocycles. The van der Waals surface area contributed by atoms with Crippen molar-refractivity contribution < 1.29 is 63.8 Å². The summed E-state index contributed by atoms with van der Waals surface area (Å²) >= 11 is 0. The first-order chi connectivity index (χ1) is 13.8. The Morgan fingerprint density at radius 1 is 0.719 bits per heavy atom. The number of rotatable bonds is 4. The summed E-state index contributed by atoms with van der Waals surface area (Å²) in [5.74, 6) is 2.71. The Hall–Kier alpha value is -2.22. The molecular formula is C21H17Cl3FeN5O2. The molecule has 7 nitrogen and oxygen atoms in total. The van der Waals surface area contributed by atoms with Gasteiger partial charge < -0.3 is 46.7 Å². The van der Waals surface area contributed by atoms with E-state index in [4.69, 9.17) is 14.5 Å². The molecule has 32 heavy (non-hydrogen) atoms. The van der Waals surface area contributed by atoms with Crippen molar-refractivity contribution in [2.45, 2.75) is 12.1 Å². The van der Waals surface area contributed by atoms with Crippen LogP contribution in [0, 0.1) is 0 Å². The molecule has 2 atom stereocenters. The number of halogens is 3. The molecule has 0 bridgehead atoms. The number of hydrogen-bond donors (Lipinski definition) is 0. The molecule has 0 aromatic carbocycles. The Morgan fingerprint density at radius 3 is 1.56 bits per heavy atom. The van der Waals surface area contributed by atoms with Crippen molar-refractivity contribution >= 4 is 23.1 Å². The summed E-state index contributed by atoms with van der Waals surface area (Å²) in [7, 11) is 3.28. The summed E-state index contributed by atoms with van der Waals surface area (Å²) in [5, 5.41) is 0. The Labute approximate surface area is 215 Å². The number of allylic oxidation sites excluding steroid dienone is 4. The fourth-order valence-electron chi connectivity index (χ4n) is 3.43. The van der Waals surface area contributed by atoms with Crippen LogP contribution < -0.4 is 37.2 Å². The van der Waals surface area contributed by atoms with Crippen molar-refractivity contribution in [1.29, 1.82) is 0 Å². The SMILES string of the molecule is COC1=CC=CC2=NC(c3cccc(C4=NC5C(OC)=CC=CC5=N4)n3)=NC12.[Cl-].[Cl-].[Cl-].[Fe+3]. The standard InChI is InChI=1S/C21H17N5O2.3ClH.Fe/c1-27-16-10-4-6-12-18(16)25-20(23-12)14-8-3-9-15(22-14)21-24-13-7-5-11-17(28-2)19(13)26-21;;;;/h3-11,18-19H,1-2H3;3*1H;/q;;;;+3/p-3. The average molecular weight is 534 g/mol. The number of amidine groups is 2. The molecule has 11 heteroatoms. The summed E-state index contributed by atoms with van der Waals surface area (Å²) in [5.41, 5.74) is 3.07. The van der Waals surface area contributed by atoms with Gasteiger partial charge in [0.15, 0.2) is 23.8 Å². The van der Waals surface area contributed by atoms with E-state index in [0.29, 0.717) is 23.1 Å². The third kappa shape index (κ3) is 4.90. The maximum atomic E-state index is 5.41. The summed E-state index contributed by atoms with van der Waals surface area (Å²) in [6.45, 7) is 0. The summed E-state index contributed by atoms with van der Waals surface area (Å²) in [4.78, 5) is 23.3. The van der Waals surface area contributed by atoms with Gasteiger partial charge in [0.25, 0.3) is 0 Å². The number of ether oxygens (including phenoxy) is 2. The third-order valence-corrected chi connectivity index (χ3v) is 4.81. The predicted octanol–water partition coefficient (Wildman–Crippen LogP) is -6.57. The first kappa shape index (κ1) is 27.8. The molecule has 0 saturated heterocycles. The van der Waals surface area contributed by atoms with Crippen LogP contribution in [0.1, 0.15) is 11.4 Å². The van der Waals surface area contributed by atoms with Gasteiger partial charge in [-0.25, -0.2) is 25.0 Å². The summed E-state index contributed by atoms with van der Waals surface area (Å²) < 4.78 is 10.8. The minimum absolute atomic E-state index is 0. The molecule has 0 saturated carbocycles. The molecule has 0 spiro atoms. The van der Waals surface area contributed by atoms with Crippen LogP contribution in [-0.2, 0) is 26.5 Å². The van der Waals surface area contributed by atoms with Crippen molar-refractivity contribution in [3.8, 4) is 0 Å². The minimum Gasteiger partial charge on any atom is -1.00 e. The Balaban J connectivity index is 0.00000128. The molecule has 5 rings (SSSR count). The molecule has 1 radical (unpaired) electrons. The second kappa shape index (κ2) is 11.6. The van der Waals surface area contributed by atoms with Crippen molar-refractivity contribution in [3.05, 3.63) is 77.6 Å². The fraction of sp³-hybridized carbons (Fsp3) is 0.190. The van der Waals surface area contributed by atoms with Gasteiger partial charge in [0, 0.05) is 0 Å². The molecular weight excluding hydrogens is 516 g/mol. The van der Waals surface area contributed by atoms with Gasteiger partial charge in [-0.2, -0.15) is 0 Å². The second-order valence-corrected chi connectivity index (χ2v) is 6.46. The van der Waals surface area contributed by atoms with E-state index in [9.17, 15) is 0 Å². The van der Waals surface area contributed by atoms with Gasteiger partial charge in [-0.1, -0.05) is 18.2 Å². The minimum atomic E-state index is -0.207. The molecule has 2 unspecified atom stereocenters. The van der Waals surface area contributed by atoms with E-state index in [1.54, 1.807) is 14.2 Å². The maximum Gasteiger partial charge on any atom is 3.00 e. The Kier molecular flexibility index (Phi) is 10.1. The normalized spacial score (nSPS) is 21.3. The molecule has 1 aromatic rings. The van der Waals surface area contributed by atoms with Crippen LogP contribution in [0.2, 0.25) is 0 Å². The number of methoxy groups -OCH3 is 2. The zero-order valence-corrected chi connectivity index (χ0v) is 20.3. The molecule has 0 N–H and O–H groups in total. The van der Waals surface area contributed by atoms with Crippen LogP contribution in [0.4, 0.5) is 0 Å². The van der Waals surface area contributed by atoms with Gasteiger partial charge in [0.2, 0.25) is 0 Å². The number of hydrogen-bond acceptors (Lipinski definition) is 7. The van der Waals surface area contributed by atoms with Crippen LogP contribution in [0.15, 0.2) is 86.1 Å². The maximum absolute atomic E-state index is 5.41. The van der Waals surface area contributed by atoms with E-state index in [0.717, 1.165) is 22.9 Å². The van der Waals surface area contributed by atoms with Crippen molar-refractivity contribution in [2.24, 2.45) is 20.0 Å². The average Bonchev–Trinajstić information content (AvgIpc) is 3.37. The van der Waals surface area contributed by atoms with Gasteiger partial charge in [0.1, 0.15) is 22.9 Å². The largest absolute Gasteiger partial charge is 3.00 e. The first-order valence-corrected chi connectivity index (χ1v) is 8.92. The molecule has 167 valence electrons. The number of aromatic nitrogens is 1. The van der Waals surface area contributed by atoms with E-state index in [2.05, 4.69) is 20.0 Å². The van der Waals surface area contributed by atoms with Gasteiger partial charge in [0.05, 0.1) is 25.6 Å². The van der Waals surface area contributed by atoms with Crippen LogP contribution in [0.5, 0.6) is 0 Å². The van der Waals surface area contributed by atoms with E-state index < -0.39 is 0 Å². The smallest absolute Gasteiger partial charge is 1.00 e.